The fourth-order valence-electron chi connectivity index (χ4n) is 15.6. The van der Waals surface area contributed by atoms with Gasteiger partial charge in [-0.15, -0.1) is 22.7 Å². The summed E-state index contributed by atoms with van der Waals surface area (Å²) in [6.07, 6.45) is 16.4. The highest BCUT2D eigenvalue weighted by atomic mass is 32.2. The molecule has 11 N–H and O–H groups in total. The molecule has 14 heterocycles. The van der Waals surface area contributed by atoms with Gasteiger partial charge in [0.15, 0.2) is 67.7 Å². The summed E-state index contributed by atoms with van der Waals surface area (Å²) >= 11 is 3.03. The van der Waals surface area contributed by atoms with Crippen LogP contribution >= 0.6 is 22.7 Å². The molecule has 31 nitrogen and oxygen atoms in total. The SMILES string of the molecule is CC(C)S(=O)(=O)c1ccc(-c2cnc3[nH]cc(CC(=O)c4ccc5c(c4)CNCC5)c3n2)cc1.CC(C)S(=O)(=O)c1ccc(-c2cnc3[nH]cc(NC(=O)c4cc5c(s4)CCNC5)c3n2)cc1.CC(C)S(=O)(=O)c1ccc(-c2cnc3[nH]cc(NC(=O)c4cc5c(s4)CNCC5)c3n2)cc1.CC(C)S(=O)(=O)c1ccc(-c2cnc3[nH]cc(NC(=O)c4ccc5c(c4)CNC5)c3n2)cc1.[HH].[HH].[HH].[HH].[HH].[HH].[HH].[HH].[HH].[HH].[HH]. The van der Waals surface area contributed by atoms with Crippen LogP contribution in [0, 0.1) is 0 Å². The highest BCUT2D eigenvalue weighted by Gasteiger charge is 2.28. The number of aromatic nitrogens is 12. The molecule has 0 atom stereocenters. The van der Waals surface area contributed by atoms with Crippen molar-refractivity contribution in [2.24, 2.45) is 0 Å². The first-order valence-electron chi connectivity index (χ1n) is 43.3. The number of anilines is 3. The minimum atomic E-state index is -3.34. The van der Waals surface area contributed by atoms with E-state index < -0.39 is 60.3 Å². The summed E-state index contributed by atoms with van der Waals surface area (Å²) in [7, 11) is -13.4. The molecule has 133 heavy (non-hydrogen) atoms. The number of amides is 3. The molecule has 0 radical (unpaired) electrons. The Morgan fingerprint density at radius 2 is 0.684 bits per heavy atom. The Morgan fingerprint density at radius 3 is 1.12 bits per heavy atom. The number of hydrogen-bond acceptors (Lipinski definition) is 26. The van der Waals surface area contributed by atoms with Crippen LogP contribution in [0.2, 0.25) is 0 Å². The van der Waals surface area contributed by atoms with Gasteiger partial charge in [0.25, 0.3) is 17.7 Å². The van der Waals surface area contributed by atoms with Crippen molar-refractivity contribution >= 4 is 147 Å². The monoisotopic (exact) mass is 1920 g/mol. The Kier molecular flexibility index (Phi) is 26.4. The summed E-state index contributed by atoms with van der Waals surface area (Å²) in [5.74, 6) is -0.540. The van der Waals surface area contributed by atoms with Crippen LogP contribution < -0.4 is 37.2 Å². The van der Waals surface area contributed by atoms with Gasteiger partial charge in [0.1, 0.15) is 22.1 Å². The van der Waals surface area contributed by atoms with E-state index in [1.807, 2.05) is 42.5 Å². The number of fused-ring (bicyclic) bond motifs is 8. The predicted molar refractivity (Wildman–Crippen MR) is 540 cm³/mol. The zero-order chi connectivity index (χ0) is 93.4. The Hall–Kier alpha value is -13.1. The van der Waals surface area contributed by atoms with E-state index in [1.54, 1.807) is 202 Å². The zero-order valence-electron chi connectivity index (χ0n) is 73.7. The largest absolute Gasteiger partial charge is 0.344 e. The number of H-pyrrole nitrogens is 4. The van der Waals surface area contributed by atoms with E-state index in [-0.39, 0.29) is 65.2 Å². The molecule has 0 aliphatic carbocycles. The van der Waals surface area contributed by atoms with Gasteiger partial charge < -0.3 is 57.2 Å². The first-order chi connectivity index (χ1) is 63.8. The van der Waals surface area contributed by atoms with Gasteiger partial charge in [0.05, 0.1) is 115 Å². The topological polar surface area (TPSA) is 455 Å². The second kappa shape index (κ2) is 38.3. The van der Waals surface area contributed by atoms with Crippen LogP contribution in [0.5, 0.6) is 0 Å². The van der Waals surface area contributed by atoms with Crippen molar-refractivity contribution in [3.8, 4) is 45.0 Å². The van der Waals surface area contributed by atoms with Gasteiger partial charge in [-0.2, -0.15) is 0 Å². The Labute approximate surface area is 791 Å². The van der Waals surface area contributed by atoms with E-state index in [0.717, 1.165) is 105 Å². The van der Waals surface area contributed by atoms with Crippen molar-refractivity contribution in [1.29, 1.82) is 0 Å². The quantitative estimate of drug-likeness (QED) is 0.0298. The molecule has 0 saturated carbocycles. The smallest absolute Gasteiger partial charge is 0.265 e. The average Bonchev–Trinajstić information content (AvgIpc) is 1.63. The average molecular weight is 1920 g/mol. The molecule has 37 heteroatoms. The number of thiophene rings is 2. The second-order valence-electron chi connectivity index (χ2n) is 33.6. The number of rotatable bonds is 21. The molecule has 704 valence electrons. The molecule has 6 aromatic carbocycles. The zero-order valence-corrected chi connectivity index (χ0v) is 78.6. The van der Waals surface area contributed by atoms with Crippen LogP contribution in [0.1, 0.15) is 160 Å². The minimum absolute atomic E-state index is 0. The maximum absolute atomic E-state index is 13.0. The van der Waals surface area contributed by atoms with Crippen LogP contribution in [-0.4, -0.2) is 158 Å². The van der Waals surface area contributed by atoms with Crippen molar-refractivity contribution in [3.63, 3.8) is 0 Å². The van der Waals surface area contributed by atoms with Crippen molar-refractivity contribution < 1.29 is 68.5 Å². The van der Waals surface area contributed by atoms with E-state index in [0.29, 0.717) is 105 Å². The number of benzene rings is 6. The summed E-state index contributed by atoms with van der Waals surface area (Å²) < 4.78 is 99.0. The van der Waals surface area contributed by atoms with Gasteiger partial charge in [0.2, 0.25) is 0 Å². The number of ketones is 1. The first-order valence-corrected chi connectivity index (χ1v) is 51.1. The standard InChI is InChI=1S/C26H26N4O3S.C24H23N5O3S.2C23H23N5O3S2.11H2/c1-16(2)34(32,33)22-7-5-18(6-8-22)23-15-29-26-25(30-23)21(14-28-26)12-24(31)19-4-3-17-9-10-27-13-20(17)11-19;1-14(2)33(31,32)19-7-5-15(6-8-19)20-12-26-23-22(28-20)21(13-27-23)29-24(30)16-3-4-17-10-25-11-18(17)9-16;1-13(2)33(30,31)16-5-3-14(4-6-16)17-11-25-22-21(27-17)18(12-26-22)28-23(29)20-9-15-10-24-8-7-19(15)32-20;1-13(2)33(30,31)16-5-3-14(4-6-16)17-10-25-22-21(27-17)18(11-26-22)28-23(29)19-9-15-7-8-24-12-20(15)32-19;;;;;;;;;;;/h3-8,11,14-16,27H,9-10,12-13H2,1-2H3,(H,28,29);3-9,12-14,25H,10-11H2,1-2H3,(H,26,27)(H,29,30);3-6,9,11-13,24H,7-8,10H2,1-2H3,(H,25,26)(H,28,29);3-6,9-11,13,24H,7-8,12H2,1-2H3,(H,25,26)(H,28,29);11*1H. The maximum Gasteiger partial charge on any atom is 0.265 e. The van der Waals surface area contributed by atoms with E-state index in [2.05, 4.69) is 98.1 Å². The van der Waals surface area contributed by atoms with E-state index in [4.69, 9.17) is 4.98 Å². The Morgan fingerprint density at radius 1 is 0.346 bits per heavy atom. The minimum Gasteiger partial charge on any atom is -0.344 e. The maximum atomic E-state index is 13.0. The summed E-state index contributed by atoms with van der Waals surface area (Å²) in [5, 5.41) is 20.1. The number of nitrogens with zero attached hydrogens (tertiary/aromatic N) is 8. The number of nitrogens with one attached hydrogen (secondary N) is 11. The van der Waals surface area contributed by atoms with Gasteiger partial charge >= 0.3 is 0 Å². The molecule has 10 aromatic heterocycles. The van der Waals surface area contributed by atoms with Crippen LogP contribution in [0.25, 0.3) is 89.7 Å². The fraction of sp³-hybridized carbons (Fsp3) is 0.250. The van der Waals surface area contributed by atoms with E-state index in [1.165, 1.54) is 60.2 Å². The molecular formula is C96H117N19O12S6. The van der Waals surface area contributed by atoms with Crippen LogP contribution in [0.3, 0.4) is 0 Å². The third kappa shape index (κ3) is 19.6. The lowest BCUT2D eigenvalue weighted by Gasteiger charge is -2.17. The molecule has 20 rings (SSSR count). The van der Waals surface area contributed by atoms with Crippen molar-refractivity contribution in [3.05, 3.63) is 265 Å². The van der Waals surface area contributed by atoms with E-state index in [9.17, 15) is 52.8 Å². The predicted octanol–water partition coefficient (Wildman–Crippen LogP) is 17.8. The number of sulfone groups is 4. The molecular weight excluding hydrogens is 1800 g/mol. The highest BCUT2D eigenvalue weighted by Crippen LogP contribution is 2.36. The molecule has 0 fully saturated rings. The van der Waals surface area contributed by atoms with Crippen LogP contribution in [-0.2, 0) is 97.8 Å². The molecule has 4 aliphatic heterocycles. The van der Waals surface area contributed by atoms with Gasteiger partial charge in [-0.1, -0.05) is 66.7 Å². The lowest BCUT2D eigenvalue weighted by Crippen LogP contribution is -2.23. The van der Waals surface area contributed by atoms with E-state index >= 15 is 0 Å². The third-order valence-corrected chi connectivity index (χ3v) is 34.6. The second-order valence-corrected chi connectivity index (χ2v) is 45.9. The summed E-state index contributed by atoms with van der Waals surface area (Å²) in [4.78, 5) is 105. The van der Waals surface area contributed by atoms with Crippen LogP contribution in [0.15, 0.2) is 215 Å². The molecule has 16 aromatic rings. The Balaban J connectivity index is 0.000000286. The highest BCUT2D eigenvalue weighted by molar-refractivity contribution is 7.93. The summed E-state index contributed by atoms with van der Waals surface area (Å²) in [6.45, 7) is 20.1. The number of aromatic amines is 4. The Bertz CT molecular complexity index is 7460. The van der Waals surface area contributed by atoms with Gasteiger partial charge in [-0.3, -0.25) is 19.2 Å². The van der Waals surface area contributed by atoms with Gasteiger partial charge in [-0.05, 0) is 200 Å². The molecule has 0 spiro atoms. The third-order valence-electron chi connectivity index (χ3n) is 23.6. The number of hydrogen-bond donors (Lipinski definition) is 11. The first kappa shape index (κ1) is 91.8. The number of carbonyl (C=O) groups is 4. The lowest BCUT2D eigenvalue weighted by atomic mass is 9.95. The molecule has 3 amide bonds. The number of carbonyl (C=O) groups excluding carboxylic acids is 4. The van der Waals surface area contributed by atoms with Crippen LogP contribution in [0.4, 0.5) is 17.1 Å². The summed E-state index contributed by atoms with van der Waals surface area (Å²) in [5.41, 5.74) is 20.8. The van der Waals surface area contributed by atoms with Gasteiger partial charge in [-0.25, -0.2) is 73.5 Å². The summed E-state index contributed by atoms with van der Waals surface area (Å²) in [6, 6.07) is 42.1. The van der Waals surface area contributed by atoms with Crippen molar-refractivity contribution in [2.75, 3.05) is 35.6 Å². The molecule has 0 saturated heterocycles. The molecule has 4 aliphatic rings. The molecule has 0 unspecified atom stereocenters. The normalized spacial score (nSPS) is 13.8. The molecule has 0 bridgehead atoms. The number of Topliss-reactive ketones (excluding diaryl/α,β-unsaturated/α-hetero) is 1. The fourth-order valence-corrected chi connectivity index (χ4v) is 22.0. The lowest BCUT2D eigenvalue weighted by molar-refractivity contribution is 0.0989. The van der Waals surface area contributed by atoms with Crippen molar-refractivity contribution in [2.45, 2.75) is 154 Å². The van der Waals surface area contributed by atoms with Crippen molar-refractivity contribution in [1.82, 2.24) is 81.1 Å². The van der Waals surface area contributed by atoms with Gasteiger partial charge in [0, 0.05) is 135 Å².